The number of H-pyrrole nitrogens is 1. The first-order valence-electron chi connectivity index (χ1n) is 13.2. The van der Waals surface area contributed by atoms with Crippen LogP contribution in [0.3, 0.4) is 0 Å². The number of aromatic nitrogens is 1. The number of aromatic amines is 1. The van der Waals surface area contributed by atoms with Crippen LogP contribution in [-0.2, 0) is 15.1 Å². The van der Waals surface area contributed by atoms with Crippen LogP contribution in [0, 0.1) is 5.92 Å². The van der Waals surface area contributed by atoms with E-state index in [2.05, 4.69) is 24.9 Å². The Bertz CT molecular complexity index is 1340. The predicted octanol–water partition coefficient (Wildman–Crippen LogP) is 5.04. The minimum absolute atomic E-state index is 0.0164. The van der Waals surface area contributed by atoms with Crippen LogP contribution in [0.5, 0.6) is 11.5 Å². The van der Waals surface area contributed by atoms with E-state index in [0.29, 0.717) is 30.5 Å². The van der Waals surface area contributed by atoms with Gasteiger partial charge < -0.3 is 24.3 Å². The molecule has 5 rings (SSSR count). The Labute approximate surface area is 218 Å². The average Bonchev–Trinajstić information content (AvgIpc) is 3.26. The maximum atomic E-state index is 14.0. The quantitative estimate of drug-likeness (QED) is 0.490. The van der Waals surface area contributed by atoms with Crippen LogP contribution < -0.4 is 9.47 Å². The summed E-state index contributed by atoms with van der Waals surface area (Å²) >= 11 is 0. The van der Waals surface area contributed by atoms with Crippen molar-refractivity contribution in [3.63, 3.8) is 0 Å². The Balaban J connectivity index is 1.66. The van der Waals surface area contributed by atoms with E-state index in [9.17, 15) is 9.59 Å². The van der Waals surface area contributed by atoms with Gasteiger partial charge in [0, 0.05) is 29.9 Å². The highest BCUT2D eigenvalue weighted by molar-refractivity contribution is 6.01. The van der Waals surface area contributed by atoms with Crippen LogP contribution in [0.2, 0.25) is 0 Å². The molecule has 2 aliphatic rings. The maximum Gasteiger partial charge on any atom is 0.254 e. The lowest BCUT2D eigenvalue weighted by atomic mass is 9.76. The first kappa shape index (κ1) is 25.2. The molecule has 1 saturated heterocycles. The fraction of sp³-hybridized carbons (Fsp3) is 0.467. The molecule has 0 radical (unpaired) electrons. The molecule has 2 amide bonds. The number of hydrogen-bond donors (Lipinski definition) is 1. The van der Waals surface area contributed by atoms with Crippen molar-refractivity contribution in [2.24, 2.45) is 5.92 Å². The highest BCUT2D eigenvalue weighted by atomic mass is 16.5. The number of amides is 2. The van der Waals surface area contributed by atoms with Crippen molar-refractivity contribution >= 4 is 22.7 Å². The third-order valence-corrected chi connectivity index (χ3v) is 7.75. The highest BCUT2D eigenvalue weighted by Crippen LogP contribution is 2.49. The molecule has 2 aliphatic heterocycles. The van der Waals surface area contributed by atoms with Crippen LogP contribution in [0.25, 0.3) is 10.9 Å². The molecule has 3 aromatic rings. The Morgan fingerprint density at radius 1 is 1.08 bits per heavy atom. The molecule has 1 N–H and O–H groups in total. The Kier molecular flexibility index (Phi) is 6.42. The van der Waals surface area contributed by atoms with Crippen LogP contribution in [0.15, 0.2) is 42.5 Å². The molecule has 3 heterocycles. The zero-order valence-corrected chi connectivity index (χ0v) is 22.6. The lowest BCUT2D eigenvalue weighted by Gasteiger charge is -2.51. The second-order valence-electron chi connectivity index (χ2n) is 11.1. The van der Waals surface area contributed by atoms with Crippen molar-refractivity contribution in [2.45, 2.75) is 58.6 Å². The van der Waals surface area contributed by atoms with Gasteiger partial charge in [0.15, 0.2) is 17.0 Å². The van der Waals surface area contributed by atoms with E-state index in [1.165, 1.54) is 0 Å². The number of rotatable bonds is 7. The number of ether oxygens (including phenoxy) is 2. The number of methoxy groups -OCH3 is 1. The molecule has 0 aliphatic carbocycles. The van der Waals surface area contributed by atoms with Crippen LogP contribution >= 0.6 is 0 Å². The number of fused-ring (bicyclic) bond motifs is 5. The Morgan fingerprint density at radius 3 is 2.54 bits per heavy atom. The molecule has 37 heavy (non-hydrogen) atoms. The molecule has 196 valence electrons. The molecule has 7 nitrogen and oxygen atoms in total. The predicted molar refractivity (Wildman–Crippen MR) is 144 cm³/mol. The van der Waals surface area contributed by atoms with Crippen molar-refractivity contribution in [3.8, 4) is 11.5 Å². The van der Waals surface area contributed by atoms with Gasteiger partial charge in [0.2, 0.25) is 5.91 Å². The summed E-state index contributed by atoms with van der Waals surface area (Å²) in [5, 5.41) is 1.07. The Morgan fingerprint density at radius 2 is 1.84 bits per heavy atom. The first-order chi connectivity index (χ1) is 17.6. The Hall–Kier alpha value is -3.48. The number of carbonyl (C=O) groups is 2. The molecule has 7 heteroatoms. The van der Waals surface area contributed by atoms with Gasteiger partial charge in [-0.15, -0.1) is 0 Å². The molecular weight excluding hydrogens is 466 g/mol. The van der Waals surface area contributed by atoms with Crippen LogP contribution in [0.4, 0.5) is 0 Å². The summed E-state index contributed by atoms with van der Waals surface area (Å²) in [4.78, 5) is 34.7. The van der Waals surface area contributed by atoms with E-state index < -0.39 is 5.54 Å². The number of hydrogen-bond acceptors (Lipinski definition) is 4. The van der Waals surface area contributed by atoms with E-state index >= 15 is 0 Å². The first-order valence-corrected chi connectivity index (χ1v) is 13.2. The molecule has 0 spiro atoms. The maximum absolute atomic E-state index is 14.0. The number of piperazine rings is 1. The molecule has 0 bridgehead atoms. The van der Waals surface area contributed by atoms with E-state index in [0.717, 1.165) is 34.1 Å². The smallest absolute Gasteiger partial charge is 0.254 e. The van der Waals surface area contributed by atoms with Gasteiger partial charge in [-0.05, 0) is 62.4 Å². The molecule has 2 aromatic carbocycles. The lowest BCUT2D eigenvalue weighted by Crippen LogP contribution is -2.67. The molecule has 1 aromatic heterocycles. The summed E-state index contributed by atoms with van der Waals surface area (Å²) in [5.41, 5.74) is 2.78. The summed E-state index contributed by atoms with van der Waals surface area (Å²) in [5.74, 6) is 1.63. The van der Waals surface area contributed by atoms with Gasteiger partial charge in [0.25, 0.3) is 5.91 Å². The van der Waals surface area contributed by atoms with E-state index in [1.807, 2.05) is 57.2 Å². The van der Waals surface area contributed by atoms with Crippen molar-refractivity contribution in [2.75, 3.05) is 26.7 Å². The van der Waals surface area contributed by atoms with Gasteiger partial charge >= 0.3 is 0 Å². The third kappa shape index (κ3) is 4.14. The normalized spacial score (nSPS) is 21.6. The number of carbonyl (C=O) groups excluding carboxylic acids is 2. The lowest BCUT2D eigenvalue weighted by molar-refractivity contribution is -0.166. The minimum Gasteiger partial charge on any atom is -0.493 e. The summed E-state index contributed by atoms with van der Waals surface area (Å²) in [6.07, 6.45) is 0.882. The van der Waals surface area contributed by atoms with Crippen molar-refractivity contribution in [1.82, 2.24) is 14.8 Å². The molecule has 1 fully saturated rings. The molecular formula is C30H37N3O4. The zero-order valence-electron chi connectivity index (χ0n) is 22.6. The third-order valence-electron chi connectivity index (χ3n) is 7.75. The zero-order chi connectivity index (χ0) is 26.5. The number of nitrogens with zero attached hydrogens (tertiary/aromatic N) is 2. The van der Waals surface area contributed by atoms with E-state index in [4.69, 9.17) is 9.47 Å². The summed E-state index contributed by atoms with van der Waals surface area (Å²) < 4.78 is 11.6. The van der Waals surface area contributed by atoms with Gasteiger partial charge in [-0.25, -0.2) is 0 Å². The standard InChI is InChI=1S/C30H37N3O4/c1-18(2)13-14-32-17-26(34)33-16-22(20-11-12-24(37-19(3)4)25(15-20)36-6)27-21-9-7-8-10-23(21)31-28(27)30(33,5)29(32)35/h7-12,15,18-19,22,31H,13-14,16-17H2,1-6H3/t22?,30-/m0/s1. The summed E-state index contributed by atoms with van der Waals surface area (Å²) in [7, 11) is 1.64. The van der Waals surface area contributed by atoms with E-state index in [1.54, 1.807) is 16.9 Å². The number of nitrogens with one attached hydrogen (secondary N) is 1. The summed E-state index contributed by atoms with van der Waals surface area (Å²) in [6.45, 7) is 11.3. The topological polar surface area (TPSA) is 74.9 Å². The van der Waals surface area contributed by atoms with Crippen molar-refractivity contribution in [1.29, 1.82) is 0 Å². The van der Waals surface area contributed by atoms with Crippen molar-refractivity contribution < 1.29 is 19.1 Å². The second-order valence-corrected chi connectivity index (χ2v) is 11.1. The SMILES string of the molecule is COc1cc(C2CN3C(=O)CN(CCC(C)C)C(=O)[C@]3(C)c3[nH]c4ccccc4c32)ccc1OC(C)C. The van der Waals surface area contributed by atoms with Crippen LogP contribution in [0.1, 0.15) is 63.8 Å². The fourth-order valence-electron chi connectivity index (χ4n) is 5.82. The fourth-order valence-corrected chi connectivity index (χ4v) is 5.82. The average molecular weight is 504 g/mol. The minimum atomic E-state index is -1.08. The van der Waals surface area contributed by atoms with Gasteiger partial charge in [-0.2, -0.15) is 0 Å². The van der Waals surface area contributed by atoms with E-state index in [-0.39, 0.29) is 30.4 Å². The van der Waals surface area contributed by atoms with Crippen molar-refractivity contribution in [3.05, 3.63) is 59.3 Å². The second kappa shape index (κ2) is 9.43. The monoisotopic (exact) mass is 503 g/mol. The summed E-state index contributed by atoms with van der Waals surface area (Å²) in [6, 6.07) is 14.1. The number of para-hydroxylation sites is 1. The van der Waals surface area contributed by atoms with Gasteiger partial charge in [-0.1, -0.05) is 38.1 Å². The van der Waals surface area contributed by atoms with Crippen LogP contribution in [-0.4, -0.2) is 59.4 Å². The molecule has 1 unspecified atom stereocenters. The highest BCUT2D eigenvalue weighted by Gasteiger charge is 2.56. The van der Waals surface area contributed by atoms with Gasteiger partial charge in [0.1, 0.15) is 0 Å². The van der Waals surface area contributed by atoms with Gasteiger partial charge in [-0.3, -0.25) is 9.59 Å². The molecule has 0 saturated carbocycles. The number of benzene rings is 2. The van der Waals surface area contributed by atoms with Gasteiger partial charge in [0.05, 0.1) is 25.5 Å². The largest absolute Gasteiger partial charge is 0.493 e. The molecule has 2 atom stereocenters.